The van der Waals surface area contributed by atoms with Crippen LogP contribution in [0.25, 0.3) is 0 Å². The number of carbonyl (C=O) groups is 6. The van der Waals surface area contributed by atoms with Crippen molar-refractivity contribution in [2.45, 2.75) is 122 Å². The molecule has 0 bridgehead atoms. The molecule has 0 radical (unpaired) electrons. The van der Waals surface area contributed by atoms with Crippen LogP contribution in [0.15, 0.2) is 24.3 Å². The fraction of sp³-hybridized carbons (Fsp3) is 0.667. The standard InChI is InChI=1S/C36H56N6O8/c1-6-8-9-10-16-28-21(3)36(49)42(5)27(13-7-2)33(46)41-31(25-17-23-14-11-12-15-24(23)18-25)35(48)39-26(19-37)32(45)40-30(22(4)43)34(47)38-20-29(44)50-28/h11-12,14-15,21-22,25-28,30-31,43H,6-10,13,16-20,37H2,1-5H3,(H,38,47)(H,39,48)(H,40,45)(H,41,46)/t21-,22?,26+,27+,28-,30+,31+/m1/s1. The molecular formula is C36H56N6O8. The van der Waals surface area contributed by atoms with Crippen LogP contribution in [0.5, 0.6) is 0 Å². The Morgan fingerprint density at radius 1 is 0.880 bits per heavy atom. The third-order valence-corrected chi connectivity index (χ3v) is 9.72. The number of unbranched alkanes of at least 4 members (excludes halogenated alkanes) is 3. The SMILES string of the molecule is CCCCCC[C@H]1OC(=O)CNC(=O)[C@H](C(C)O)NC(=O)[C@H](CN)NC(=O)[C@H](C2Cc3ccccc3C2)NC(=O)[C@H](CCC)N(C)C(=O)[C@@H]1C. The van der Waals surface area contributed by atoms with E-state index in [1.807, 2.05) is 31.2 Å². The lowest BCUT2D eigenvalue weighted by Gasteiger charge is -2.34. The van der Waals surface area contributed by atoms with E-state index in [-0.39, 0.29) is 12.5 Å². The number of cyclic esters (lactones) is 1. The van der Waals surface area contributed by atoms with E-state index in [4.69, 9.17) is 10.5 Å². The van der Waals surface area contributed by atoms with Gasteiger partial charge >= 0.3 is 5.97 Å². The minimum absolute atomic E-state index is 0.307. The van der Waals surface area contributed by atoms with E-state index in [0.29, 0.717) is 38.5 Å². The number of likely N-dealkylation sites (N-methyl/N-ethyl adjacent to an activating group) is 1. The van der Waals surface area contributed by atoms with E-state index in [9.17, 15) is 33.9 Å². The summed E-state index contributed by atoms with van der Waals surface area (Å²) in [5.74, 6) is -5.27. The number of fused-ring (bicyclic) bond motifs is 1. The van der Waals surface area contributed by atoms with E-state index in [0.717, 1.165) is 30.4 Å². The molecule has 7 N–H and O–H groups in total. The Bertz CT molecular complexity index is 1330. The van der Waals surface area contributed by atoms with Crippen LogP contribution in [-0.2, 0) is 46.3 Å². The number of ether oxygens (including phenoxy) is 1. The van der Waals surface area contributed by atoms with Crippen LogP contribution in [0.3, 0.4) is 0 Å². The molecular weight excluding hydrogens is 644 g/mol. The average molecular weight is 701 g/mol. The molecule has 14 nitrogen and oxygen atoms in total. The molecule has 1 aliphatic heterocycles. The number of rotatable bonds is 10. The Kier molecular flexibility index (Phi) is 15.7. The molecule has 2 aliphatic rings. The van der Waals surface area contributed by atoms with E-state index >= 15 is 0 Å². The van der Waals surface area contributed by atoms with Gasteiger partial charge in [0.25, 0.3) is 0 Å². The minimum atomic E-state index is -1.49. The van der Waals surface area contributed by atoms with Crippen molar-refractivity contribution in [2.24, 2.45) is 17.6 Å². The van der Waals surface area contributed by atoms with Gasteiger partial charge in [-0.15, -0.1) is 0 Å². The van der Waals surface area contributed by atoms with Gasteiger partial charge in [-0.05, 0) is 56.1 Å². The van der Waals surface area contributed by atoms with Crippen molar-refractivity contribution in [3.8, 4) is 0 Å². The predicted molar refractivity (Wildman–Crippen MR) is 186 cm³/mol. The fourth-order valence-electron chi connectivity index (χ4n) is 6.70. The van der Waals surface area contributed by atoms with Gasteiger partial charge < -0.3 is 41.7 Å². The minimum Gasteiger partial charge on any atom is -0.460 e. The lowest BCUT2D eigenvalue weighted by atomic mass is 9.94. The second-order valence-corrected chi connectivity index (χ2v) is 13.6. The molecule has 0 aromatic heterocycles. The Labute approximate surface area is 295 Å². The fourth-order valence-corrected chi connectivity index (χ4v) is 6.70. The highest BCUT2D eigenvalue weighted by Gasteiger charge is 2.40. The normalized spacial score (nSPS) is 27.1. The monoisotopic (exact) mass is 700 g/mol. The summed E-state index contributed by atoms with van der Waals surface area (Å²) in [6, 6.07) is 2.90. The molecule has 1 fully saturated rings. The van der Waals surface area contributed by atoms with Crippen molar-refractivity contribution >= 4 is 35.5 Å². The highest BCUT2D eigenvalue weighted by molar-refractivity contribution is 5.96. The zero-order valence-corrected chi connectivity index (χ0v) is 30.0. The summed E-state index contributed by atoms with van der Waals surface area (Å²) in [4.78, 5) is 82.8. The molecule has 14 heteroatoms. The summed E-state index contributed by atoms with van der Waals surface area (Å²) in [6.45, 7) is 5.97. The van der Waals surface area contributed by atoms with Gasteiger partial charge in [-0.25, -0.2) is 0 Å². The molecule has 7 atom stereocenters. The molecule has 1 aromatic carbocycles. The number of amides is 5. The number of nitrogens with zero attached hydrogens (tertiary/aromatic N) is 1. The number of carbonyl (C=O) groups excluding carboxylic acids is 6. The lowest BCUT2D eigenvalue weighted by Crippen LogP contribution is -2.62. The molecule has 1 aromatic rings. The highest BCUT2D eigenvalue weighted by Crippen LogP contribution is 2.29. The van der Waals surface area contributed by atoms with Gasteiger partial charge in [0.15, 0.2) is 0 Å². The molecule has 5 amide bonds. The first-order valence-electron chi connectivity index (χ1n) is 17.9. The van der Waals surface area contributed by atoms with E-state index in [1.165, 1.54) is 18.9 Å². The zero-order chi connectivity index (χ0) is 37.0. The number of aliphatic hydroxyl groups excluding tert-OH is 1. The Hall–Kier alpha value is -4.04. The first-order valence-corrected chi connectivity index (χ1v) is 17.9. The second kappa shape index (κ2) is 19.4. The van der Waals surface area contributed by atoms with E-state index in [1.54, 1.807) is 6.92 Å². The number of nitrogens with one attached hydrogen (secondary N) is 4. The zero-order valence-electron chi connectivity index (χ0n) is 30.0. The Morgan fingerprint density at radius 3 is 2.12 bits per heavy atom. The van der Waals surface area contributed by atoms with Crippen LogP contribution >= 0.6 is 0 Å². The number of aliphatic hydroxyl groups is 1. The average Bonchev–Trinajstić information content (AvgIpc) is 3.53. The molecule has 1 saturated heterocycles. The molecule has 0 spiro atoms. The maximum atomic E-state index is 14.1. The van der Waals surface area contributed by atoms with Crippen molar-refractivity contribution in [2.75, 3.05) is 20.1 Å². The first kappa shape index (κ1) is 40.4. The maximum absolute atomic E-state index is 14.1. The van der Waals surface area contributed by atoms with Crippen LogP contribution in [0.4, 0.5) is 0 Å². The van der Waals surface area contributed by atoms with Crippen LogP contribution in [0, 0.1) is 11.8 Å². The van der Waals surface area contributed by atoms with Crippen molar-refractivity contribution in [3.63, 3.8) is 0 Å². The van der Waals surface area contributed by atoms with Crippen LogP contribution in [0.2, 0.25) is 0 Å². The quantitative estimate of drug-likeness (QED) is 0.148. The maximum Gasteiger partial charge on any atom is 0.325 e. The summed E-state index contributed by atoms with van der Waals surface area (Å²) in [7, 11) is 1.53. The predicted octanol–water partition coefficient (Wildman–Crippen LogP) is 0.471. The van der Waals surface area contributed by atoms with Crippen molar-refractivity contribution < 1.29 is 38.6 Å². The van der Waals surface area contributed by atoms with Crippen LogP contribution < -0.4 is 27.0 Å². The molecule has 3 rings (SSSR count). The summed E-state index contributed by atoms with van der Waals surface area (Å²) in [5, 5.41) is 20.7. The second-order valence-electron chi connectivity index (χ2n) is 13.6. The summed E-state index contributed by atoms with van der Waals surface area (Å²) in [6.07, 6.45) is 3.54. The molecule has 278 valence electrons. The smallest absolute Gasteiger partial charge is 0.325 e. The summed E-state index contributed by atoms with van der Waals surface area (Å²) in [5.41, 5.74) is 7.99. The number of hydrogen-bond acceptors (Lipinski definition) is 9. The molecule has 0 saturated carbocycles. The van der Waals surface area contributed by atoms with Gasteiger partial charge in [0, 0.05) is 13.6 Å². The first-order chi connectivity index (χ1) is 23.8. The number of benzene rings is 1. The number of hydrogen-bond donors (Lipinski definition) is 6. The van der Waals surface area contributed by atoms with Gasteiger partial charge in [0.1, 0.15) is 36.8 Å². The van der Waals surface area contributed by atoms with Gasteiger partial charge in [-0.2, -0.15) is 0 Å². The van der Waals surface area contributed by atoms with Crippen LogP contribution in [-0.4, -0.2) is 102 Å². The summed E-state index contributed by atoms with van der Waals surface area (Å²) < 4.78 is 5.76. The highest BCUT2D eigenvalue weighted by atomic mass is 16.5. The largest absolute Gasteiger partial charge is 0.460 e. The van der Waals surface area contributed by atoms with Crippen molar-refractivity contribution in [1.29, 1.82) is 0 Å². The third-order valence-electron chi connectivity index (χ3n) is 9.72. The third kappa shape index (κ3) is 10.7. The lowest BCUT2D eigenvalue weighted by molar-refractivity contribution is -0.157. The topological polar surface area (TPSA) is 209 Å². The van der Waals surface area contributed by atoms with Gasteiger partial charge in [0.2, 0.25) is 29.5 Å². The van der Waals surface area contributed by atoms with Gasteiger partial charge in [-0.3, -0.25) is 28.8 Å². The molecule has 50 heavy (non-hydrogen) atoms. The van der Waals surface area contributed by atoms with E-state index in [2.05, 4.69) is 28.2 Å². The Balaban J connectivity index is 2.02. The molecule has 1 heterocycles. The molecule has 1 aliphatic carbocycles. The van der Waals surface area contributed by atoms with Crippen molar-refractivity contribution in [1.82, 2.24) is 26.2 Å². The Morgan fingerprint density at radius 2 is 1.54 bits per heavy atom. The van der Waals surface area contributed by atoms with Gasteiger partial charge in [0.05, 0.1) is 12.0 Å². The van der Waals surface area contributed by atoms with Crippen LogP contribution in [0.1, 0.15) is 83.8 Å². The van der Waals surface area contributed by atoms with Gasteiger partial charge in [-0.1, -0.05) is 70.7 Å². The molecule has 1 unspecified atom stereocenters. The van der Waals surface area contributed by atoms with E-state index < -0.39 is 84.3 Å². The number of esters is 1. The van der Waals surface area contributed by atoms with Crippen molar-refractivity contribution in [3.05, 3.63) is 35.4 Å². The summed E-state index contributed by atoms with van der Waals surface area (Å²) >= 11 is 0. The number of nitrogens with two attached hydrogens (primary N) is 1.